The second-order valence-corrected chi connectivity index (χ2v) is 5.77. The fourth-order valence-corrected chi connectivity index (χ4v) is 3.46. The maximum Gasteiger partial charge on any atom is 0.212 e. The molecule has 0 spiro atoms. The molecule has 1 amide bonds. The van der Waals surface area contributed by atoms with Gasteiger partial charge in [-0.05, 0) is 25.1 Å². The minimum atomic E-state index is 0. The Bertz CT molecular complexity index is 475. The number of nitrogens with one attached hydrogen (secondary N) is 1. The molecule has 1 aliphatic heterocycles. The van der Waals surface area contributed by atoms with Gasteiger partial charge >= 0.3 is 0 Å². The van der Waals surface area contributed by atoms with E-state index >= 15 is 0 Å². The predicted octanol–water partition coefficient (Wildman–Crippen LogP) is 2.26. The summed E-state index contributed by atoms with van der Waals surface area (Å²) in [6, 6.07) is 5.74. The molecule has 3 N–H and O–H groups in total. The van der Waals surface area contributed by atoms with Crippen LogP contribution in [-0.2, 0) is 11.3 Å². The largest absolute Gasteiger partial charge is 0.338 e. The van der Waals surface area contributed by atoms with Crippen molar-refractivity contribution in [2.45, 2.75) is 18.3 Å². The second-order valence-electron chi connectivity index (χ2n) is 3.98. The fraction of sp³-hybridized carbons (Fsp3) is 0.333. The summed E-state index contributed by atoms with van der Waals surface area (Å²) >= 11 is 7.67. The number of thioether (sulfide) groups is 1. The van der Waals surface area contributed by atoms with Crippen molar-refractivity contribution in [1.29, 1.82) is 0 Å². The topological polar surface area (TPSA) is 71.2 Å². The van der Waals surface area contributed by atoms with E-state index in [0.717, 1.165) is 12.1 Å². The first-order chi connectivity index (χ1) is 9.26. The van der Waals surface area contributed by atoms with Crippen LogP contribution >= 0.6 is 48.2 Å². The van der Waals surface area contributed by atoms with Gasteiger partial charge in [-0.3, -0.25) is 9.78 Å². The second kappa shape index (κ2) is 10.1. The van der Waals surface area contributed by atoms with Gasteiger partial charge in [0.05, 0.1) is 17.6 Å². The Hall–Kier alpha value is -0.660. The third-order valence-corrected chi connectivity index (χ3v) is 4.34. The first kappa shape index (κ1) is 20.3. The van der Waals surface area contributed by atoms with E-state index in [9.17, 15) is 4.79 Å². The number of pyridine rings is 1. The van der Waals surface area contributed by atoms with Crippen molar-refractivity contribution >= 4 is 54.6 Å². The number of halogens is 3. The lowest BCUT2D eigenvalue weighted by Crippen LogP contribution is -2.35. The highest BCUT2D eigenvalue weighted by atomic mass is 35.5. The molecule has 0 saturated carbocycles. The molecule has 0 radical (unpaired) electrons. The van der Waals surface area contributed by atoms with Crippen molar-refractivity contribution in [3.05, 3.63) is 40.3 Å². The van der Waals surface area contributed by atoms with Crippen LogP contribution < -0.4 is 11.1 Å². The molecule has 2 heterocycles. The first-order valence-corrected chi connectivity index (χ1v) is 7.15. The predicted molar refractivity (Wildman–Crippen MR) is 91.4 cm³/mol. The van der Waals surface area contributed by atoms with Crippen molar-refractivity contribution in [1.82, 2.24) is 15.2 Å². The number of carbonyl (C=O) groups excluding carboxylic acids is 1. The average Bonchev–Trinajstić information content (AvgIpc) is 2.69. The van der Waals surface area contributed by atoms with Gasteiger partial charge in [0.2, 0.25) is 6.41 Å². The van der Waals surface area contributed by atoms with Gasteiger partial charge < -0.3 is 16.0 Å². The number of hydrogen-bond donors (Lipinski definition) is 2. The number of carbonyl (C=O) groups is 1. The number of rotatable bonds is 6. The maximum atomic E-state index is 10.7. The van der Waals surface area contributed by atoms with Crippen LogP contribution in [0.4, 0.5) is 0 Å². The standard InChI is InChI=1S/C12H15ClN4OS.2ClH/c13-11-12(16-8-18)17(10(19-11)4-5-14)7-9-3-1-2-6-15-9;;/h1-3,6,8,10H,4-5,7,14H2,(H,16,18);2*1H. The molecule has 21 heavy (non-hydrogen) atoms. The molecule has 9 heteroatoms. The van der Waals surface area contributed by atoms with Gasteiger partial charge in [-0.25, -0.2) is 0 Å². The lowest BCUT2D eigenvalue weighted by Gasteiger charge is -2.27. The summed E-state index contributed by atoms with van der Waals surface area (Å²) in [6.45, 7) is 1.15. The zero-order chi connectivity index (χ0) is 13.7. The van der Waals surface area contributed by atoms with E-state index < -0.39 is 0 Å². The fourth-order valence-electron chi connectivity index (χ4n) is 1.90. The van der Waals surface area contributed by atoms with E-state index in [1.54, 1.807) is 6.20 Å². The molecular weight excluding hydrogens is 355 g/mol. The van der Waals surface area contributed by atoms with E-state index in [1.807, 2.05) is 23.1 Å². The molecule has 5 nitrogen and oxygen atoms in total. The smallest absolute Gasteiger partial charge is 0.212 e. The van der Waals surface area contributed by atoms with Gasteiger partial charge in [-0.1, -0.05) is 29.4 Å². The van der Waals surface area contributed by atoms with Crippen LogP contribution in [0, 0.1) is 0 Å². The summed E-state index contributed by atoms with van der Waals surface area (Å²) in [5.74, 6) is 0.630. The minimum Gasteiger partial charge on any atom is -0.338 e. The quantitative estimate of drug-likeness (QED) is 0.751. The molecule has 2 rings (SSSR count). The maximum absolute atomic E-state index is 10.7. The summed E-state index contributed by atoms with van der Waals surface area (Å²) < 4.78 is 0.585. The van der Waals surface area contributed by atoms with Crippen LogP contribution in [-0.4, -0.2) is 28.2 Å². The van der Waals surface area contributed by atoms with Gasteiger partial charge in [-0.15, -0.1) is 24.8 Å². The van der Waals surface area contributed by atoms with Crippen molar-refractivity contribution in [3.8, 4) is 0 Å². The van der Waals surface area contributed by atoms with Crippen LogP contribution in [0.3, 0.4) is 0 Å². The third kappa shape index (κ3) is 5.23. The highest BCUT2D eigenvalue weighted by Gasteiger charge is 2.31. The third-order valence-electron chi connectivity index (χ3n) is 2.73. The van der Waals surface area contributed by atoms with Gasteiger partial charge in [0.15, 0.2) is 0 Å². The highest BCUT2D eigenvalue weighted by Crippen LogP contribution is 2.41. The molecule has 0 saturated heterocycles. The molecule has 1 unspecified atom stereocenters. The Kier molecular flexibility index (Phi) is 9.81. The number of nitrogens with zero attached hydrogens (tertiary/aromatic N) is 2. The molecule has 0 bridgehead atoms. The lowest BCUT2D eigenvalue weighted by atomic mass is 10.3. The number of aromatic nitrogens is 1. The molecule has 1 aromatic heterocycles. The van der Waals surface area contributed by atoms with Crippen molar-refractivity contribution in [2.75, 3.05) is 6.54 Å². The van der Waals surface area contributed by atoms with Crippen LogP contribution in [0.1, 0.15) is 12.1 Å². The zero-order valence-corrected chi connectivity index (χ0v) is 14.3. The molecule has 1 aliphatic rings. The monoisotopic (exact) mass is 370 g/mol. The van der Waals surface area contributed by atoms with Crippen LogP contribution in [0.5, 0.6) is 0 Å². The van der Waals surface area contributed by atoms with Gasteiger partial charge in [-0.2, -0.15) is 0 Å². The van der Waals surface area contributed by atoms with E-state index in [0.29, 0.717) is 29.7 Å². The van der Waals surface area contributed by atoms with Crippen molar-refractivity contribution in [2.24, 2.45) is 5.73 Å². The van der Waals surface area contributed by atoms with Crippen LogP contribution in [0.15, 0.2) is 34.6 Å². The number of nitrogens with two attached hydrogens (primary N) is 1. The lowest BCUT2D eigenvalue weighted by molar-refractivity contribution is -0.109. The molecule has 1 atom stereocenters. The first-order valence-electron chi connectivity index (χ1n) is 5.89. The molecule has 1 aromatic rings. The van der Waals surface area contributed by atoms with E-state index in [-0.39, 0.29) is 30.2 Å². The van der Waals surface area contributed by atoms with Crippen molar-refractivity contribution in [3.63, 3.8) is 0 Å². The summed E-state index contributed by atoms with van der Waals surface area (Å²) in [5, 5.41) is 2.78. The van der Waals surface area contributed by atoms with Gasteiger partial charge in [0.25, 0.3) is 0 Å². The Morgan fingerprint density at radius 1 is 1.48 bits per heavy atom. The van der Waals surface area contributed by atoms with Crippen LogP contribution in [0.2, 0.25) is 0 Å². The van der Waals surface area contributed by atoms with Crippen molar-refractivity contribution < 1.29 is 4.79 Å². The van der Waals surface area contributed by atoms with Gasteiger partial charge in [0, 0.05) is 6.20 Å². The van der Waals surface area contributed by atoms with E-state index in [1.165, 1.54) is 11.8 Å². The number of amides is 1. The van der Waals surface area contributed by atoms with Gasteiger partial charge in [0.1, 0.15) is 10.2 Å². The Morgan fingerprint density at radius 3 is 2.81 bits per heavy atom. The Labute approximate surface area is 145 Å². The SMILES string of the molecule is Cl.Cl.NCCC1SC(Cl)=C(NC=O)N1Cc1ccccn1. The summed E-state index contributed by atoms with van der Waals surface area (Å²) in [5.41, 5.74) is 6.54. The van der Waals surface area contributed by atoms with E-state index in [4.69, 9.17) is 17.3 Å². The summed E-state index contributed by atoms with van der Waals surface area (Å²) in [7, 11) is 0. The van der Waals surface area contributed by atoms with Crippen LogP contribution in [0.25, 0.3) is 0 Å². The summed E-state index contributed by atoms with van der Waals surface area (Å²) in [4.78, 5) is 17.0. The zero-order valence-electron chi connectivity index (χ0n) is 11.1. The number of hydrogen-bond acceptors (Lipinski definition) is 5. The molecular formula is C12H17Cl3N4OS. The molecule has 118 valence electrons. The minimum absolute atomic E-state index is 0. The molecule has 0 aromatic carbocycles. The average molecular weight is 372 g/mol. The molecule has 0 aliphatic carbocycles. The normalized spacial score (nSPS) is 17.0. The molecule has 0 fully saturated rings. The Balaban J connectivity index is 0.00000200. The summed E-state index contributed by atoms with van der Waals surface area (Å²) in [6.07, 6.45) is 3.17. The van der Waals surface area contributed by atoms with E-state index in [2.05, 4.69) is 10.3 Å². The highest BCUT2D eigenvalue weighted by molar-refractivity contribution is 8.05. The Morgan fingerprint density at radius 2 is 2.24 bits per heavy atom.